The minimum atomic E-state index is 0.600. The van der Waals surface area contributed by atoms with Crippen LogP contribution in [-0.2, 0) is 6.54 Å². The molecule has 3 nitrogen and oxygen atoms in total. The van der Waals surface area contributed by atoms with Crippen molar-refractivity contribution in [2.24, 2.45) is 11.7 Å². The lowest BCUT2D eigenvalue weighted by atomic mass is 9.95. The summed E-state index contributed by atoms with van der Waals surface area (Å²) in [5, 5.41) is 0. The van der Waals surface area contributed by atoms with Gasteiger partial charge in [0.2, 0.25) is 0 Å². The number of aromatic nitrogens is 1. The Balaban J connectivity index is 1.94. The first-order chi connectivity index (χ1) is 9.70. The van der Waals surface area contributed by atoms with Gasteiger partial charge < -0.3 is 10.6 Å². The van der Waals surface area contributed by atoms with Crippen LogP contribution in [0.2, 0.25) is 0 Å². The van der Waals surface area contributed by atoms with Gasteiger partial charge in [-0.15, -0.1) is 0 Å². The third-order valence-electron chi connectivity index (χ3n) is 5.19. The molecule has 3 rings (SSSR count). The number of rotatable bonds is 3. The van der Waals surface area contributed by atoms with Crippen LogP contribution < -0.4 is 10.6 Å². The van der Waals surface area contributed by atoms with Crippen molar-refractivity contribution >= 4 is 5.69 Å². The fraction of sp³-hybridized carbons (Fsp3) is 0.706. The molecule has 0 radical (unpaired) electrons. The molecule has 2 heterocycles. The van der Waals surface area contributed by atoms with Crippen molar-refractivity contribution in [1.82, 2.24) is 4.98 Å². The van der Waals surface area contributed by atoms with Crippen molar-refractivity contribution in [1.29, 1.82) is 0 Å². The second kappa shape index (κ2) is 5.72. The molecule has 1 aliphatic heterocycles. The van der Waals surface area contributed by atoms with Crippen LogP contribution in [0.3, 0.4) is 0 Å². The van der Waals surface area contributed by atoms with E-state index < -0.39 is 0 Å². The van der Waals surface area contributed by atoms with Gasteiger partial charge in [0.1, 0.15) is 0 Å². The molecule has 0 amide bonds. The van der Waals surface area contributed by atoms with Gasteiger partial charge in [-0.2, -0.15) is 0 Å². The molecular formula is C17H27N3. The summed E-state index contributed by atoms with van der Waals surface area (Å²) >= 11 is 0. The number of anilines is 1. The van der Waals surface area contributed by atoms with Gasteiger partial charge in [-0.05, 0) is 51.5 Å². The second-order valence-electron chi connectivity index (χ2n) is 6.50. The van der Waals surface area contributed by atoms with Gasteiger partial charge in [0.25, 0.3) is 0 Å². The normalized spacial score (nSPS) is 23.8. The lowest BCUT2D eigenvalue weighted by Gasteiger charge is -2.33. The Morgan fingerprint density at radius 3 is 2.65 bits per heavy atom. The molecule has 0 bridgehead atoms. The molecule has 1 aliphatic carbocycles. The summed E-state index contributed by atoms with van der Waals surface area (Å²) in [5.41, 5.74) is 10.8. The maximum atomic E-state index is 6.00. The van der Waals surface area contributed by atoms with Gasteiger partial charge in [0.05, 0.1) is 0 Å². The Kier molecular flexibility index (Phi) is 3.97. The maximum absolute atomic E-state index is 6.00. The van der Waals surface area contributed by atoms with Crippen molar-refractivity contribution in [3.05, 3.63) is 23.0 Å². The number of hydrogen-bond donors (Lipinski definition) is 1. The molecule has 1 aromatic heterocycles. The molecule has 1 atom stereocenters. The fourth-order valence-corrected chi connectivity index (χ4v) is 4.27. The first-order valence-electron chi connectivity index (χ1n) is 8.14. The van der Waals surface area contributed by atoms with Gasteiger partial charge in [-0.1, -0.05) is 12.8 Å². The van der Waals surface area contributed by atoms with Gasteiger partial charge in [-0.25, -0.2) is 0 Å². The highest BCUT2D eigenvalue weighted by Gasteiger charge is 2.34. The number of aryl methyl sites for hydroxylation is 2. The van der Waals surface area contributed by atoms with Gasteiger partial charge in [0, 0.05) is 41.8 Å². The van der Waals surface area contributed by atoms with Crippen LogP contribution in [0.5, 0.6) is 0 Å². The monoisotopic (exact) mass is 273 g/mol. The summed E-state index contributed by atoms with van der Waals surface area (Å²) in [6, 6.07) is 2.99. The SMILES string of the molecule is Cc1cc(N2CCCC2C2CCCC2)c(CN)c(C)n1. The van der Waals surface area contributed by atoms with Crippen molar-refractivity contribution in [3.63, 3.8) is 0 Å². The van der Waals surface area contributed by atoms with Crippen molar-refractivity contribution in [3.8, 4) is 0 Å². The Morgan fingerprint density at radius 1 is 1.20 bits per heavy atom. The predicted molar refractivity (Wildman–Crippen MR) is 83.9 cm³/mol. The standard InChI is InChI=1S/C17H27N3/c1-12-10-17(15(11-18)13(2)19-12)20-9-5-8-16(20)14-6-3-4-7-14/h10,14,16H,3-9,11,18H2,1-2H3. The van der Waals surface area contributed by atoms with Crippen LogP contribution in [0, 0.1) is 19.8 Å². The van der Waals surface area contributed by atoms with Crippen LogP contribution in [0.15, 0.2) is 6.07 Å². The highest BCUT2D eigenvalue weighted by atomic mass is 15.2. The number of hydrogen-bond acceptors (Lipinski definition) is 3. The van der Waals surface area contributed by atoms with E-state index in [-0.39, 0.29) is 0 Å². The molecular weight excluding hydrogens is 246 g/mol. The third-order valence-corrected chi connectivity index (χ3v) is 5.19. The van der Waals surface area contributed by atoms with Gasteiger partial charge in [0.15, 0.2) is 0 Å². The van der Waals surface area contributed by atoms with Crippen molar-refractivity contribution < 1.29 is 0 Å². The lowest BCUT2D eigenvalue weighted by Crippen LogP contribution is -2.35. The molecule has 1 saturated heterocycles. The minimum absolute atomic E-state index is 0.600. The zero-order chi connectivity index (χ0) is 14.1. The molecule has 20 heavy (non-hydrogen) atoms. The smallest absolute Gasteiger partial charge is 0.0450 e. The Morgan fingerprint density at radius 2 is 1.95 bits per heavy atom. The number of nitrogens with zero attached hydrogens (tertiary/aromatic N) is 2. The Bertz CT molecular complexity index is 477. The molecule has 3 heteroatoms. The highest BCUT2D eigenvalue weighted by Crippen LogP contribution is 2.39. The van der Waals surface area contributed by atoms with Crippen LogP contribution in [0.1, 0.15) is 55.5 Å². The van der Waals surface area contributed by atoms with E-state index in [1.165, 1.54) is 56.3 Å². The second-order valence-corrected chi connectivity index (χ2v) is 6.50. The minimum Gasteiger partial charge on any atom is -0.368 e. The van der Waals surface area contributed by atoms with E-state index >= 15 is 0 Å². The number of nitrogens with two attached hydrogens (primary N) is 1. The van der Waals surface area contributed by atoms with E-state index in [0.717, 1.165) is 23.3 Å². The average Bonchev–Trinajstić information content (AvgIpc) is 3.08. The fourth-order valence-electron chi connectivity index (χ4n) is 4.27. The summed E-state index contributed by atoms with van der Waals surface area (Å²) in [7, 11) is 0. The maximum Gasteiger partial charge on any atom is 0.0450 e. The quantitative estimate of drug-likeness (QED) is 0.918. The van der Waals surface area contributed by atoms with Gasteiger partial charge in [-0.3, -0.25) is 4.98 Å². The predicted octanol–water partition coefficient (Wildman–Crippen LogP) is 3.32. The lowest BCUT2D eigenvalue weighted by molar-refractivity contribution is 0.430. The molecule has 0 spiro atoms. The number of pyridine rings is 1. The Labute approximate surface area is 122 Å². The summed E-state index contributed by atoms with van der Waals surface area (Å²) in [6.07, 6.45) is 8.37. The largest absolute Gasteiger partial charge is 0.368 e. The zero-order valence-electron chi connectivity index (χ0n) is 12.9. The summed E-state index contributed by atoms with van der Waals surface area (Å²) in [6.45, 7) is 5.98. The van der Waals surface area contributed by atoms with E-state index in [0.29, 0.717) is 6.54 Å². The van der Waals surface area contributed by atoms with Crippen LogP contribution >= 0.6 is 0 Å². The van der Waals surface area contributed by atoms with Crippen LogP contribution in [0.25, 0.3) is 0 Å². The topological polar surface area (TPSA) is 42.1 Å². The third kappa shape index (κ3) is 2.44. The summed E-state index contributed by atoms with van der Waals surface area (Å²) < 4.78 is 0. The zero-order valence-corrected chi connectivity index (χ0v) is 12.9. The van der Waals surface area contributed by atoms with Crippen LogP contribution in [0.4, 0.5) is 5.69 Å². The Hall–Kier alpha value is -1.09. The van der Waals surface area contributed by atoms with E-state index in [2.05, 4.69) is 29.8 Å². The highest BCUT2D eigenvalue weighted by molar-refractivity contribution is 5.57. The van der Waals surface area contributed by atoms with E-state index in [1.807, 2.05) is 0 Å². The summed E-state index contributed by atoms with van der Waals surface area (Å²) in [5.74, 6) is 0.900. The summed E-state index contributed by atoms with van der Waals surface area (Å²) in [4.78, 5) is 7.24. The molecule has 1 unspecified atom stereocenters. The van der Waals surface area contributed by atoms with E-state index in [9.17, 15) is 0 Å². The molecule has 2 fully saturated rings. The first-order valence-corrected chi connectivity index (χ1v) is 8.14. The molecule has 1 aromatic rings. The molecule has 1 saturated carbocycles. The van der Waals surface area contributed by atoms with E-state index in [1.54, 1.807) is 0 Å². The van der Waals surface area contributed by atoms with E-state index in [4.69, 9.17) is 5.73 Å². The molecule has 2 aliphatic rings. The molecule has 0 aromatic carbocycles. The van der Waals surface area contributed by atoms with Crippen molar-refractivity contribution in [2.75, 3.05) is 11.4 Å². The van der Waals surface area contributed by atoms with Crippen LogP contribution in [-0.4, -0.2) is 17.6 Å². The average molecular weight is 273 g/mol. The first kappa shape index (κ1) is 13.9. The molecule has 110 valence electrons. The van der Waals surface area contributed by atoms with Gasteiger partial charge >= 0.3 is 0 Å². The van der Waals surface area contributed by atoms with Crippen molar-refractivity contribution in [2.45, 2.75) is 65.0 Å². The molecule has 2 N–H and O–H groups in total.